The highest BCUT2D eigenvalue weighted by Gasteiger charge is 2.15. The summed E-state index contributed by atoms with van der Waals surface area (Å²) in [7, 11) is 2.15. The van der Waals surface area contributed by atoms with Gasteiger partial charge in [-0.2, -0.15) is 0 Å². The van der Waals surface area contributed by atoms with Gasteiger partial charge in [-0.15, -0.1) is 0 Å². The molecule has 0 saturated carbocycles. The Hall–Kier alpha value is -2.44. The van der Waals surface area contributed by atoms with E-state index in [2.05, 4.69) is 39.3 Å². The van der Waals surface area contributed by atoms with Crippen molar-refractivity contribution in [1.29, 1.82) is 0 Å². The summed E-state index contributed by atoms with van der Waals surface area (Å²) in [5, 5.41) is 2.93. The Morgan fingerprint density at radius 2 is 1.80 bits per heavy atom. The molecule has 0 aliphatic carbocycles. The third kappa shape index (κ3) is 4.78. The average Bonchev–Trinajstić information content (AvgIpc) is 2.63. The van der Waals surface area contributed by atoms with Crippen molar-refractivity contribution >= 4 is 5.91 Å². The van der Waals surface area contributed by atoms with Gasteiger partial charge in [-0.05, 0) is 24.2 Å². The second-order valence-electron chi connectivity index (χ2n) is 6.47. The predicted octanol–water partition coefficient (Wildman–Crippen LogP) is 1.05. The Morgan fingerprint density at radius 3 is 2.48 bits per heavy atom. The van der Waals surface area contributed by atoms with E-state index in [1.165, 1.54) is 23.9 Å². The molecule has 0 spiro atoms. The summed E-state index contributed by atoms with van der Waals surface area (Å²) in [5.74, 6) is -0.189. The lowest BCUT2D eigenvalue weighted by atomic mass is 10.1. The van der Waals surface area contributed by atoms with Crippen LogP contribution in [0.25, 0.3) is 0 Å². The molecule has 0 radical (unpaired) electrons. The lowest BCUT2D eigenvalue weighted by molar-refractivity contribution is 0.0950. The Kier molecular flexibility index (Phi) is 5.63. The Bertz CT molecular complexity index is 758. The van der Waals surface area contributed by atoms with Crippen molar-refractivity contribution in [2.75, 3.05) is 33.2 Å². The molecule has 1 aromatic carbocycles. The van der Waals surface area contributed by atoms with E-state index in [0.29, 0.717) is 12.1 Å². The quantitative estimate of drug-likeness (QED) is 0.854. The van der Waals surface area contributed by atoms with Gasteiger partial charge in [0.05, 0.1) is 5.56 Å². The standard InChI is InChI=1S/C19H24N4O2/c1-22-8-10-23(11-9-22)14-17-5-3-2-4-15(17)12-21-19(25)16-6-7-18(24)20-13-16/h2-7,13H,8-12,14H2,1H3,(H,20,24)(H,21,25). The van der Waals surface area contributed by atoms with Gasteiger partial charge in [-0.25, -0.2) is 0 Å². The number of aromatic nitrogens is 1. The number of aromatic amines is 1. The number of likely N-dealkylation sites (N-methyl/N-ethyl adjacent to an activating group) is 1. The molecule has 1 fully saturated rings. The van der Waals surface area contributed by atoms with E-state index >= 15 is 0 Å². The number of benzene rings is 1. The highest BCUT2D eigenvalue weighted by Crippen LogP contribution is 2.13. The molecule has 6 nitrogen and oxygen atoms in total. The third-order valence-electron chi connectivity index (χ3n) is 4.59. The van der Waals surface area contributed by atoms with Gasteiger partial charge in [0, 0.05) is 51.5 Å². The summed E-state index contributed by atoms with van der Waals surface area (Å²) in [5.41, 5.74) is 2.61. The van der Waals surface area contributed by atoms with Crippen LogP contribution in [0.3, 0.4) is 0 Å². The number of hydrogen-bond acceptors (Lipinski definition) is 4. The fourth-order valence-corrected chi connectivity index (χ4v) is 2.96. The van der Waals surface area contributed by atoms with E-state index in [4.69, 9.17) is 0 Å². The molecule has 132 valence electrons. The molecule has 1 aromatic heterocycles. The van der Waals surface area contributed by atoms with Crippen LogP contribution >= 0.6 is 0 Å². The summed E-state index contributed by atoms with van der Waals surface area (Å²) < 4.78 is 0. The highest BCUT2D eigenvalue weighted by molar-refractivity contribution is 5.93. The number of piperazine rings is 1. The van der Waals surface area contributed by atoms with Crippen LogP contribution in [0.4, 0.5) is 0 Å². The minimum Gasteiger partial charge on any atom is -0.348 e. The zero-order valence-electron chi connectivity index (χ0n) is 14.5. The molecular formula is C19H24N4O2. The van der Waals surface area contributed by atoms with Crippen molar-refractivity contribution in [3.05, 3.63) is 69.6 Å². The van der Waals surface area contributed by atoms with E-state index in [9.17, 15) is 9.59 Å². The second-order valence-corrected chi connectivity index (χ2v) is 6.47. The first-order valence-electron chi connectivity index (χ1n) is 8.56. The number of nitrogens with zero attached hydrogens (tertiary/aromatic N) is 2. The first-order valence-corrected chi connectivity index (χ1v) is 8.56. The first-order chi connectivity index (χ1) is 12.1. The van der Waals surface area contributed by atoms with Gasteiger partial charge >= 0.3 is 0 Å². The van der Waals surface area contributed by atoms with E-state index in [-0.39, 0.29) is 11.5 Å². The van der Waals surface area contributed by atoms with Crippen LogP contribution in [0, 0.1) is 0 Å². The number of hydrogen-bond donors (Lipinski definition) is 2. The van der Waals surface area contributed by atoms with Crippen molar-refractivity contribution in [1.82, 2.24) is 20.1 Å². The van der Waals surface area contributed by atoms with Gasteiger partial charge in [0.2, 0.25) is 5.56 Å². The highest BCUT2D eigenvalue weighted by atomic mass is 16.1. The van der Waals surface area contributed by atoms with E-state index in [0.717, 1.165) is 38.3 Å². The van der Waals surface area contributed by atoms with E-state index in [1.807, 2.05) is 12.1 Å². The zero-order chi connectivity index (χ0) is 17.6. The largest absolute Gasteiger partial charge is 0.348 e. The number of amides is 1. The maximum atomic E-state index is 12.2. The van der Waals surface area contributed by atoms with Crippen molar-refractivity contribution in [2.24, 2.45) is 0 Å². The fourth-order valence-electron chi connectivity index (χ4n) is 2.96. The number of pyridine rings is 1. The lowest BCUT2D eigenvalue weighted by Crippen LogP contribution is -2.44. The van der Waals surface area contributed by atoms with Crippen LogP contribution in [-0.2, 0) is 13.1 Å². The molecule has 2 heterocycles. The molecular weight excluding hydrogens is 316 g/mol. The van der Waals surface area contributed by atoms with Crippen molar-refractivity contribution < 1.29 is 4.79 Å². The fraction of sp³-hybridized carbons (Fsp3) is 0.368. The van der Waals surface area contributed by atoms with Gasteiger partial charge in [0.1, 0.15) is 0 Å². The normalized spacial score (nSPS) is 15.9. The minimum absolute atomic E-state index is 0.189. The number of carbonyl (C=O) groups excluding carboxylic acids is 1. The molecule has 1 aliphatic rings. The molecule has 0 bridgehead atoms. The molecule has 0 atom stereocenters. The summed E-state index contributed by atoms with van der Waals surface area (Å²) in [6.45, 7) is 5.68. The first kappa shape index (κ1) is 17.4. The van der Waals surface area contributed by atoms with E-state index in [1.54, 1.807) is 0 Å². The molecule has 2 N–H and O–H groups in total. The third-order valence-corrected chi connectivity index (χ3v) is 4.59. The Labute approximate surface area is 147 Å². The molecule has 3 rings (SSSR count). The van der Waals surface area contributed by atoms with Gasteiger partial charge in [0.25, 0.3) is 5.91 Å². The minimum atomic E-state index is -0.214. The van der Waals surface area contributed by atoms with Crippen LogP contribution in [-0.4, -0.2) is 53.9 Å². The molecule has 25 heavy (non-hydrogen) atoms. The molecule has 6 heteroatoms. The number of H-pyrrole nitrogens is 1. The van der Waals surface area contributed by atoms with Gasteiger partial charge in [-0.1, -0.05) is 24.3 Å². The average molecular weight is 340 g/mol. The monoisotopic (exact) mass is 340 g/mol. The smallest absolute Gasteiger partial charge is 0.253 e. The van der Waals surface area contributed by atoms with Crippen LogP contribution in [0.2, 0.25) is 0 Å². The van der Waals surface area contributed by atoms with Gasteiger partial charge in [0.15, 0.2) is 0 Å². The topological polar surface area (TPSA) is 68.4 Å². The molecule has 1 amide bonds. The van der Waals surface area contributed by atoms with E-state index < -0.39 is 0 Å². The summed E-state index contributed by atoms with van der Waals surface area (Å²) >= 11 is 0. The number of carbonyl (C=O) groups is 1. The second kappa shape index (κ2) is 8.09. The Morgan fingerprint density at radius 1 is 1.08 bits per heavy atom. The zero-order valence-corrected chi connectivity index (χ0v) is 14.5. The SMILES string of the molecule is CN1CCN(Cc2ccccc2CNC(=O)c2ccc(=O)[nH]c2)CC1. The van der Waals surface area contributed by atoms with Crippen molar-refractivity contribution in [3.8, 4) is 0 Å². The van der Waals surface area contributed by atoms with Crippen LogP contribution in [0.15, 0.2) is 47.4 Å². The van der Waals surface area contributed by atoms with Crippen molar-refractivity contribution in [2.45, 2.75) is 13.1 Å². The van der Waals surface area contributed by atoms with Crippen LogP contribution in [0.1, 0.15) is 21.5 Å². The number of nitrogens with one attached hydrogen (secondary N) is 2. The maximum Gasteiger partial charge on any atom is 0.253 e. The van der Waals surface area contributed by atoms with Crippen LogP contribution < -0.4 is 10.9 Å². The van der Waals surface area contributed by atoms with Crippen LogP contribution in [0.5, 0.6) is 0 Å². The summed E-state index contributed by atoms with van der Waals surface area (Å²) in [6, 6.07) is 11.1. The predicted molar refractivity (Wildman–Crippen MR) is 97.4 cm³/mol. The Balaban J connectivity index is 1.61. The summed E-state index contributed by atoms with van der Waals surface area (Å²) in [4.78, 5) is 30.6. The molecule has 0 unspecified atom stereocenters. The number of rotatable bonds is 5. The lowest BCUT2D eigenvalue weighted by Gasteiger charge is -2.32. The van der Waals surface area contributed by atoms with Crippen molar-refractivity contribution in [3.63, 3.8) is 0 Å². The maximum absolute atomic E-state index is 12.2. The van der Waals surface area contributed by atoms with Gasteiger partial charge in [-0.3, -0.25) is 14.5 Å². The molecule has 1 aliphatic heterocycles. The molecule has 1 saturated heterocycles. The summed E-state index contributed by atoms with van der Waals surface area (Å²) in [6.07, 6.45) is 1.44. The molecule has 2 aromatic rings. The van der Waals surface area contributed by atoms with Gasteiger partial charge < -0.3 is 15.2 Å².